The molecule has 0 saturated heterocycles. The van der Waals surface area contributed by atoms with Gasteiger partial charge in [-0.15, -0.1) is 11.3 Å². The molecule has 11 aromatic rings. The number of benzene rings is 10. The summed E-state index contributed by atoms with van der Waals surface area (Å²) in [7, 11) is 0. The van der Waals surface area contributed by atoms with E-state index in [0.717, 1.165) is 17.1 Å². The molecule has 0 bridgehead atoms. The van der Waals surface area contributed by atoms with Gasteiger partial charge in [0.2, 0.25) is 0 Å². The monoisotopic (exact) mass is 905 g/mol. The van der Waals surface area contributed by atoms with Crippen LogP contribution in [0.5, 0.6) is 0 Å². The van der Waals surface area contributed by atoms with Crippen LogP contribution in [0.2, 0.25) is 0 Å². The van der Waals surface area contributed by atoms with Crippen LogP contribution in [-0.4, -0.2) is 0 Å². The van der Waals surface area contributed by atoms with Crippen LogP contribution in [0.1, 0.15) is 74.9 Å². The summed E-state index contributed by atoms with van der Waals surface area (Å²) in [5.41, 5.74) is 18.1. The fourth-order valence-corrected chi connectivity index (χ4v) is 12.5. The van der Waals surface area contributed by atoms with E-state index in [9.17, 15) is 0 Å². The quantitative estimate of drug-likeness (QED) is 0.154. The fraction of sp³-hybridized carbons (Fsp3) is 0.134. The van der Waals surface area contributed by atoms with Gasteiger partial charge in [0.1, 0.15) is 0 Å². The molecule has 0 atom stereocenters. The summed E-state index contributed by atoms with van der Waals surface area (Å²) in [6, 6.07) is 84.5. The van der Waals surface area contributed by atoms with Gasteiger partial charge >= 0.3 is 0 Å². The first kappa shape index (κ1) is 42.8. The van der Waals surface area contributed by atoms with E-state index in [1.165, 1.54) is 97.7 Å². The second-order valence-corrected chi connectivity index (χ2v) is 21.9. The molecule has 1 aliphatic carbocycles. The second kappa shape index (κ2) is 16.3. The van der Waals surface area contributed by atoms with E-state index >= 15 is 0 Å². The van der Waals surface area contributed by atoms with Gasteiger partial charge in [0, 0.05) is 26.6 Å². The number of fused-ring (bicyclic) bond motifs is 7. The molecule has 12 rings (SSSR count). The van der Waals surface area contributed by atoms with Crippen LogP contribution >= 0.6 is 11.3 Å². The fourth-order valence-electron chi connectivity index (χ4n) is 11.3. The van der Waals surface area contributed by atoms with Gasteiger partial charge in [0.25, 0.3) is 0 Å². The molecule has 0 N–H and O–H groups in total. The molecule has 0 amide bonds. The Kier molecular flexibility index (Phi) is 10.1. The average molecular weight is 906 g/mol. The average Bonchev–Trinajstić information content (AvgIpc) is 3.91. The minimum absolute atomic E-state index is 0.0166. The Balaban J connectivity index is 1.18. The first-order chi connectivity index (χ1) is 33.5. The summed E-state index contributed by atoms with van der Waals surface area (Å²) in [4.78, 5) is 2.61. The van der Waals surface area contributed by atoms with Crippen LogP contribution in [0.3, 0.4) is 0 Å². The Bertz CT molecular complexity index is 3670. The molecule has 0 aliphatic heterocycles. The molecule has 334 valence electrons. The van der Waals surface area contributed by atoms with Crippen molar-refractivity contribution in [2.24, 2.45) is 0 Å². The van der Waals surface area contributed by atoms with Crippen molar-refractivity contribution in [2.75, 3.05) is 4.90 Å². The van der Waals surface area contributed by atoms with Crippen molar-refractivity contribution in [2.45, 2.75) is 57.8 Å². The van der Waals surface area contributed by atoms with Crippen molar-refractivity contribution in [3.63, 3.8) is 0 Å². The first-order valence-corrected chi connectivity index (χ1v) is 25.2. The summed E-state index contributed by atoms with van der Waals surface area (Å²) in [5.74, 6) is 0. The van der Waals surface area contributed by atoms with Crippen molar-refractivity contribution in [3.8, 4) is 33.4 Å². The standard InChI is InChI=1S/C67H55NS/c1-65(2,3)48-41-45(42-49(43-48)66(4,5)6)50-32-19-23-44-24-20-33-53(62(44)50)51-29-14-17-37-58(51)68(60-39-21-34-54-52-30-15-18-40-61(52)69-64(54)60)59-38-22-36-57-63(59)55-31-13-16-35-56(55)67(57,46-25-9-7-10-26-46)47-27-11-8-12-28-47/h7-43H,1-6H3. The largest absolute Gasteiger partial charge is 0.308 e. The number of para-hydroxylation sites is 1. The van der Waals surface area contributed by atoms with Crippen LogP contribution in [0, 0.1) is 0 Å². The Morgan fingerprint density at radius 2 is 0.899 bits per heavy atom. The summed E-state index contributed by atoms with van der Waals surface area (Å²) < 4.78 is 2.55. The summed E-state index contributed by atoms with van der Waals surface area (Å²) >= 11 is 1.89. The highest BCUT2D eigenvalue weighted by atomic mass is 32.1. The SMILES string of the molecule is CC(C)(C)c1cc(-c2cccc3cccc(-c4ccccc4N(c4cccc5c4-c4ccccc4C5(c4ccccc4)c4ccccc4)c4cccc5c4sc4ccccc45)c23)cc(C(C)(C)C)c1. The number of thiophene rings is 1. The minimum atomic E-state index is -0.544. The molecular formula is C67H55NS. The van der Waals surface area contributed by atoms with Crippen LogP contribution in [0.4, 0.5) is 17.1 Å². The lowest BCUT2D eigenvalue weighted by atomic mass is 9.68. The van der Waals surface area contributed by atoms with Crippen molar-refractivity contribution in [3.05, 3.63) is 258 Å². The second-order valence-electron chi connectivity index (χ2n) is 20.8. The molecule has 0 radical (unpaired) electrons. The molecule has 0 unspecified atom stereocenters. The Labute approximate surface area is 411 Å². The zero-order chi connectivity index (χ0) is 47.1. The third-order valence-electron chi connectivity index (χ3n) is 14.6. The van der Waals surface area contributed by atoms with Gasteiger partial charge in [0.15, 0.2) is 0 Å². The van der Waals surface area contributed by atoms with Gasteiger partial charge in [-0.1, -0.05) is 242 Å². The van der Waals surface area contributed by atoms with Gasteiger partial charge in [-0.3, -0.25) is 0 Å². The molecule has 0 fully saturated rings. The maximum absolute atomic E-state index is 2.61. The van der Waals surface area contributed by atoms with E-state index in [4.69, 9.17) is 0 Å². The zero-order valence-electron chi connectivity index (χ0n) is 40.2. The van der Waals surface area contributed by atoms with Gasteiger partial charge in [-0.05, 0) is 102 Å². The Hall–Kier alpha value is -7.52. The van der Waals surface area contributed by atoms with Gasteiger partial charge in [-0.2, -0.15) is 0 Å². The molecule has 10 aromatic carbocycles. The predicted octanol–water partition coefficient (Wildman–Crippen LogP) is 19.0. The van der Waals surface area contributed by atoms with Gasteiger partial charge in [0.05, 0.1) is 27.2 Å². The molecule has 1 aliphatic rings. The summed E-state index contributed by atoms with van der Waals surface area (Å²) in [6.07, 6.45) is 0. The normalized spacial score (nSPS) is 13.2. The van der Waals surface area contributed by atoms with Crippen molar-refractivity contribution >= 4 is 59.3 Å². The minimum Gasteiger partial charge on any atom is -0.308 e. The van der Waals surface area contributed by atoms with Gasteiger partial charge in [-0.25, -0.2) is 0 Å². The maximum atomic E-state index is 2.61. The Morgan fingerprint density at radius 3 is 1.59 bits per heavy atom. The van der Waals surface area contributed by atoms with Crippen molar-refractivity contribution < 1.29 is 0 Å². The van der Waals surface area contributed by atoms with Crippen LogP contribution in [0.15, 0.2) is 224 Å². The molecule has 2 heteroatoms. The highest BCUT2D eigenvalue weighted by molar-refractivity contribution is 7.26. The highest BCUT2D eigenvalue weighted by Gasteiger charge is 2.47. The lowest BCUT2D eigenvalue weighted by molar-refractivity contribution is 0.569. The molecule has 0 spiro atoms. The maximum Gasteiger partial charge on any atom is 0.0714 e. The number of anilines is 3. The smallest absolute Gasteiger partial charge is 0.0714 e. The number of rotatable bonds is 7. The van der Waals surface area contributed by atoms with Crippen LogP contribution in [-0.2, 0) is 16.2 Å². The molecule has 1 heterocycles. The molecule has 69 heavy (non-hydrogen) atoms. The third-order valence-corrected chi connectivity index (χ3v) is 15.9. The number of nitrogens with zero attached hydrogens (tertiary/aromatic N) is 1. The lowest BCUT2D eigenvalue weighted by Gasteiger charge is -2.34. The summed E-state index contributed by atoms with van der Waals surface area (Å²) in [5, 5.41) is 5.04. The van der Waals surface area contributed by atoms with E-state index < -0.39 is 5.41 Å². The van der Waals surface area contributed by atoms with E-state index in [1.807, 2.05) is 11.3 Å². The molecule has 1 nitrogen and oxygen atoms in total. The zero-order valence-corrected chi connectivity index (χ0v) is 41.0. The topological polar surface area (TPSA) is 3.24 Å². The van der Waals surface area contributed by atoms with E-state index in [1.54, 1.807) is 0 Å². The molecule has 0 saturated carbocycles. The Morgan fingerprint density at radius 1 is 0.391 bits per heavy atom. The lowest BCUT2D eigenvalue weighted by Crippen LogP contribution is -2.28. The van der Waals surface area contributed by atoms with E-state index in [2.05, 4.69) is 271 Å². The van der Waals surface area contributed by atoms with Crippen molar-refractivity contribution in [1.29, 1.82) is 0 Å². The van der Waals surface area contributed by atoms with Gasteiger partial charge < -0.3 is 4.90 Å². The van der Waals surface area contributed by atoms with Crippen molar-refractivity contribution in [1.82, 2.24) is 0 Å². The molecule has 1 aromatic heterocycles. The highest BCUT2D eigenvalue weighted by Crippen LogP contribution is 2.60. The van der Waals surface area contributed by atoms with E-state index in [-0.39, 0.29) is 10.8 Å². The van der Waals surface area contributed by atoms with Crippen LogP contribution in [0.25, 0.3) is 64.3 Å². The predicted molar refractivity (Wildman–Crippen MR) is 297 cm³/mol. The molecular weight excluding hydrogens is 851 g/mol. The number of hydrogen-bond donors (Lipinski definition) is 0. The van der Waals surface area contributed by atoms with Crippen LogP contribution < -0.4 is 4.90 Å². The third kappa shape index (κ3) is 6.87. The summed E-state index contributed by atoms with van der Waals surface area (Å²) in [6.45, 7) is 14.0. The number of hydrogen-bond acceptors (Lipinski definition) is 2. The first-order valence-electron chi connectivity index (χ1n) is 24.3. The van der Waals surface area contributed by atoms with E-state index in [0.29, 0.717) is 0 Å².